The molecule has 1 amide bonds. The van der Waals surface area contributed by atoms with Crippen LogP contribution in [0.5, 0.6) is 11.5 Å². The topological polar surface area (TPSA) is 84.9 Å². The molecule has 17 heavy (non-hydrogen) atoms. The average Bonchev–Trinajstić information content (AvgIpc) is 2.35. The van der Waals surface area contributed by atoms with Gasteiger partial charge in [-0.25, -0.2) is 4.79 Å². The van der Waals surface area contributed by atoms with Crippen molar-refractivity contribution in [3.8, 4) is 11.5 Å². The normalized spacial score (nSPS) is 17.3. The van der Waals surface area contributed by atoms with Crippen LogP contribution in [0.25, 0.3) is 0 Å². The third-order valence-electron chi connectivity index (χ3n) is 2.25. The van der Waals surface area contributed by atoms with Crippen molar-refractivity contribution in [3.63, 3.8) is 0 Å². The molecule has 0 aliphatic carbocycles. The minimum absolute atomic E-state index is 0.0967. The van der Waals surface area contributed by atoms with Crippen molar-refractivity contribution in [3.05, 3.63) is 24.3 Å². The number of nitrogens with one attached hydrogen (secondary N) is 1. The Kier molecular flexibility index (Phi) is 3.13. The highest BCUT2D eigenvalue weighted by Gasteiger charge is 2.22. The Morgan fingerprint density at radius 3 is 2.76 bits per heavy atom. The zero-order valence-electron chi connectivity index (χ0n) is 8.88. The second-order valence-electron chi connectivity index (χ2n) is 3.51. The molecule has 1 aromatic carbocycles. The number of carboxylic acids is 1. The van der Waals surface area contributed by atoms with Crippen LogP contribution in [-0.2, 0) is 9.59 Å². The Balaban J connectivity index is 1.90. The molecule has 1 atom stereocenters. The lowest BCUT2D eigenvalue weighted by molar-refractivity contribution is -0.150. The van der Waals surface area contributed by atoms with Crippen molar-refractivity contribution in [1.82, 2.24) is 5.32 Å². The van der Waals surface area contributed by atoms with Gasteiger partial charge in [0.15, 0.2) is 11.5 Å². The van der Waals surface area contributed by atoms with Crippen molar-refractivity contribution in [2.75, 3.05) is 13.2 Å². The highest BCUT2D eigenvalue weighted by molar-refractivity contribution is 6.31. The van der Waals surface area contributed by atoms with E-state index in [9.17, 15) is 9.59 Å². The van der Waals surface area contributed by atoms with Crippen molar-refractivity contribution >= 4 is 11.9 Å². The summed E-state index contributed by atoms with van der Waals surface area (Å²) in [5.74, 6) is -1.32. The number of para-hydroxylation sites is 2. The van der Waals surface area contributed by atoms with Crippen LogP contribution in [0.1, 0.15) is 0 Å². The monoisotopic (exact) mass is 237 g/mol. The fraction of sp³-hybridized carbons (Fsp3) is 0.273. The van der Waals surface area contributed by atoms with E-state index in [-0.39, 0.29) is 19.3 Å². The first kappa shape index (κ1) is 11.3. The lowest BCUT2D eigenvalue weighted by Gasteiger charge is -2.26. The molecule has 6 heteroatoms. The van der Waals surface area contributed by atoms with E-state index in [4.69, 9.17) is 14.6 Å². The number of fused-ring (bicyclic) bond motifs is 1. The SMILES string of the molecule is O=C(O)C(=O)NC[C@@H]1COc2ccccc2O1. The largest absolute Gasteiger partial charge is 0.486 e. The van der Waals surface area contributed by atoms with Crippen molar-refractivity contribution < 1.29 is 24.2 Å². The number of carbonyl (C=O) groups excluding carboxylic acids is 1. The first-order valence-electron chi connectivity index (χ1n) is 5.06. The summed E-state index contributed by atoms with van der Waals surface area (Å²) >= 11 is 0. The number of amides is 1. The minimum atomic E-state index is -1.51. The maximum atomic E-state index is 10.8. The summed E-state index contributed by atoms with van der Waals surface area (Å²) in [5, 5.41) is 10.6. The molecule has 2 rings (SSSR count). The quantitative estimate of drug-likeness (QED) is 0.709. The van der Waals surface area contributed by atoms with E-state index in [0.717, 1.165) is 0 Å². The van der Waals surface area contributed by atoms with Crippen LogP contribution in [0, 0.1) is 0 Å². The molecule has 0 aromatic heterocycles. The summed E-state index contributed by atoms with van der Waals surface area (Å²) in [6, 6.07) is 7.16. The van der Waals surface area contributed by atoms with E-state index in [1.807, 2.05) is 6.07 Å². The molecule has 0 unspecified atom stereocenters. The van der Waals surface area contributed by atoms with E-state index in [2.05, 4.69) is 5.32 Å². The molecule has 6 nitrogen and oxygen atoms in total. The molecule has 0 fully saturated rings. The first-order valence-corrected chi connectivity index (χ1v) is 5.06. The van der Waals surface area contributed by atoms with Gasteiger partial charge in [0.2, 0.25) is 0 Å². The summed E-state index contributed by atoms with van der Waals surface area (Å²) in [7, 11) is 0. The van der Waals surface area contributed by atoms with Gasteiger partial charge in [-0.2, -0.15) is 0 Å². The third kappa shape index (κ3) is 2.66. The molecule has 0 saturated carbocycles. The van der Waals surface area contributed by atoms with Gasteiger partial charge in [0, 0.05) is 0 Å². The Morgan fingerprint density at radius 1 is 1.35 bits per heavy atom. The number of carbonyl (C=O) groups is 2. The Labute approximate surface area is 97.1 Å². The highest BCUT2D eigenvalue weighted by atomic mass is 16.6. The number of hydrogen-bond donors (Lipinski definition) is 2. The predicted octanol–water partition coefficient (Wildman–Crippen LogP) is 0.0272. The van der Waals surface area contributed by atoms with E-state index in [0.29, 0.717) is 11.5 Å². The molecular formula is C11H11NO5. The zero-order chi connectivity index (χ0) is 12.3. The van der Waals surface area contributed by atoms with Crippen LogP contribution in [-0.4, -0.2) is 36.2 Å². The van der Waals surface area contributed by atoms with Crippen LogP contribution in [0.4, 0.5) is 0 Å². The average molecular weight is 237 g/mol. The van der Waals surface area contributed by atoms with Crippen LogP contribution in [0.15, 0.2) is 24.3 Å². The summed E-state index contributed by atoms with van der Waals surface area (Å²) < 4.78 is 10.9. The van der Waals surface area contributed by atoms with Crippen LogP contribution in [0.2, 0.25) is 0 Å². The van der Waals surface area contributed by atoms with Crippen LogP contribution < -0.4 is 14.8 Å². The maximum Gasteiger partial charge on any atom is 0.394 e. The number of benzene rings is 1. The summed E-state index contributed by atoms with van der Waals surface area (Å²) in [6.45, 7) is 0.371. The van der Waals surface area contributed by atoms with Gasteiger partial charge in [-0.1, -0.05) is 12.1 Å². The van der Waals surface area contributed by atoms with E-state index >= 15 is 0 Å². The second kappa shape index (κ2) is 4.73. The minimum Gasteiger partial charge on any atom is -0.486 e. The van der Waals surface area contributed by atoms with Gasteiger partial charge in [-0.15, -0.1) is 0 Å². The maximum absolute atomic E-state index is 10.8. The Morgan fingerprint density at radius 2 is 2.06 bits per heavy atom. The number of rotatable bonds is 2. The molecular weight excluding hydrogens is 226 g/mol. The number of hydrogen-bond acceptors (Lipinski definition) is 4. The van der Waals surface area contributed by atoms with Gasteiger partial charge in [-0.3, -0.25) is 4.79 Å². The fourth-order valence-electron chi connectivity index (χ4n) is 1.45. The molecule has 0 radical (unpaired) electrons. The molecule has 1 heterocycles. The second-order valence-corrected chi connectivity index (χ2v) is 3.51. The summed E-state index contributed by atoms with van der Waals surface area (Å²) in [4.78, 5) is 21.1. The molecule has 0 bridgehead atoms. The van der Waals surface area contributed by atoms with E-state index in [1.165, 1.54) is 0 Å². The zero-order valence-corrected chi connectivity index (χ0v) is 8.88. The molecule has 0 spiro atoms. The standard InChI is InChI=1S/C11H11NO5/c13-10(11(14)15)12-5-7-6-16-8-3-1-2-4-9(8)17-7/h1-4,7H,5-6H2,(H,12,13)(H,14,15)/t7-/m1/s1. The van der Waals surface area contributed by atoms with Gasteiger partial charge < -0.3 is 19.9 Å². The van der Waals surface area contributed by atoms with Gasteiger partial charge in [0.1, 0.15) is 12.7 Å². The van der Waals surface area contributed by atoms with Gasteiger partial charge >= 0.3 is 11.9 Å². The molecule has 90 valence electrons. The Hall–Kier alpha value is -2.24. The first-order chi connectivity index (χ1) is 8.16. The predicted molar refractivity (Wildman–Crippen MR) is 57.0 cm³/mol. The van der Waals surface area contributed by atoms with Crippen molar-refractivity contribution in [2.45, 2.75) is 6.10 Å². The lowest BCUT2D eigenvalue weighted by Crippen LogP contribution is -2.42. The highest BCUT2D eigenvalue weighted by Crippen LogP contribution is 2.30. The number of ether oxygens (including phenoxy) is 2. The van der Waals surface area contributed by atoms with Crippen molar-refractivity contribution in [2.24, 2.45) is 0 Å². The number of aliphatic carboxylic acids is 1. The molecule has 1 aliphatic heterocycles. The molecule has 2 N–H and O–H groups in total. The molecule has 1 aliphatic rings. The van der Waals surface area contributed by atoms with E-state index in [1.54, 1.807) is 18.2 Å². The summed E-state index contributed by atoms with van der Waals surface area (Å²) in [6.07, 6.45) is -0.381. The van der Waals surface area contributed by atoms with Crippen molar-refractivity contribution in [1.29, 1.82) is 0 Å². The number of carboxylic acid groups (broad SMARTS) is 1. The van der Waals surface area contributed by atoms with E-state index < -0.39 is 11.9 Å². The van der Waals surface area contributed by atoms with Gasteiger partial charge in [-0.05, 0) is 12.1 Å². The van der Waals surface area contributed by atoms with Crippen LogP contribution >= 0.6 is 0 Å². The molecule has 0 saturated heterocycles. The Bertz CT molecular complexity index is 445. The van der Waals surface area contributed by atoms with Gasteiger partial charge in [0.05, 0.1) is 6.54 Å². The summed E-state index contributed by atoms with van der Waals surface area (Å²) in [5.41, 5.74) is 0. The molecule has 1 aromatic rings. The van der Waals surface area contributed by atoms with Gasteiger partial charge in [0.25, 0.3) is 0 Å². The third-order valence-corrected chi connectivity index (χ3v) is 2.25. The fourth-order valence-corrected chi connectivity index (χ4v) is 1.45. The smallest absolute Gasteiger partial charge is 0.394 e. The van der Waals surface area contributed by atoms with Crippen LogP contribution in [0.3, 0.4) is 0 Å². The lowest BCUT2D eigenvalue weighted by atomic mass is 10.2.